The van der Waals surface area contributed by atoms with Gasteiger partial charge in [-0.1, -0.05) is 51.2 Å². The van der Waals surface area contributed by atoms with Gasteiger partial charge >= 0.3 is 5.69 Å². The largest absolute Gasteiger partial charge is 0.493 e. The van der Waals surface area contributed by atoms with Crippen LogP contribution in [0.3, 0.4) is 0 Å². The van der Waals surface area contributed by atoms with E-state index in [0.29, 0.717) is 85.7 Å². The van der Waals surface area contributed by atoms with Gasteiger partial charge in [0.15, 0.2) is 17.2 Å². The summed E-state index contributed by atoms with van der Waals surface area (Å²) in [6.45, 7) is 4.47. The number of ether oxygens (including phenoxy) is 2. The fourth-order valence-corrected chi connectivity index (χ4v) is 11.0. The number of aromatic nitrogens is 7. The lowest BCUT2D eigenvalue weighted by molar-refractivity contribution is -0.132. The summed E-state index contributed by atoms with van der Waals surface area (Å²) in [6, 6.07) is 20.3. The lowest BCUT2D eigenvalue weighted by Gasteiger charge is -2.35. The first kappa shape index (κ1) is 54.8. The molecule has 1 saturated heterocycles. The minimum Gasteiger partial charge on any atom is -0.493 e. The second-order valence-corrected chi connectivity index (χ2v) is 22.1. The SMILES string of the molecule is CCCOc1cccc(Oc2cc3c(cc2NS(=O)(=O)c2cccc(C(=O)NCCCCCCCCCC(=O)N4CCN(C(=O)c5ccc(Nc6nc(C7CC7)cn7c(-c8cn[nH]c8)cnc67)c(F)c5)CC4)c2)n(C)c(=O)n3C)c1. The number of fused-ring (bicyclic) bond motifs is 2. The lowest BCUT2D eigenvalue weighted by Crippen LogP contribution is -2.50. The molecule has 0 atom stereocenters. The van der Waals surface area contributed by atoms with Crippen LogP contribution >= 0.6 is 0 Å². The van der Waals surface area contributed by atoms with Gasteiger partial charge in [-0.2, -0.15) is 5.10 Å². The molecule has 0 radical (unpaired) electrons. The molecule has 0 bridgehead atoms. The Bertz CT molecular complexity index is 3730. The van der Waals surface area contributed by atoms with Crippen LogP contribution in [-0.4, -0.2) is 109 Å². The quantitative estimate of drug-likeness (QED) is 0.0415. The highest BCUT2D eigenvalue weighted by atomic mass is 32.2. The van der Waals surface area contributed by atoms with E-state index in [4.69, 9.17) is 14.5 Å². The van der Waals surface area contributed by atoms with Gasteiger partial charge in [0, 0.05) is 100 Å². The van der Waals surface area contributed by atoms with Gasteiger partial charge in [-0.25, -0.2) is 27.6 Å². The van der Waals surface area contributed by atoms with Gasteiger partial charge in [-0.05, 0) is 86.7 Å². The minimum absolute atomic E-state index is 0.0606. The fourth-order valence-electron chi connectivity index (χ4n) is 9.91. The number of piperazine rings is 1. The zero-order chi connectivity index (χ0) is 55.9. The van der Waals surface area contributed by atoms with E-state index < -0.39 is 21.7 Å². The van der Waals surface area contributed by atoms with E-state index in [0.717, 1.165) is 81.2 Å². The number of benzene rings is 4. The molecular weight excluding hydrogens is 1040 g/mol. The maximum Gasteiger partial charge on any atom is 0.328 e. The van der Waals surface area contributed by atoms with Crippen molar-refractivity contribution in [3.8, 4) is 28.5 Å². The van der Waals surface area contributed by atoms with Gasteiger partial charge in [0.25, 0.3) is 21.8 Å². The summed E-state index contributed by atoms with van der Waals surface area (Å²) in [6.07, 6.45) is 16.8. The van der Waals surface area contributed by atoms with Gasteiger partial charge in [-0.3, -0.25) is 37.7 Å². The van der Waals surface area contributed by atoms with Crippen LogP contribution < -0.4 is 30.5 Å². The number of imidazole rings is 2. The van der Waals surface area contributed by atoms with E-state index >= 15 is 4.39 Å². The van der Waals surface area contributed by atoms with E-state index in [9.17, 15) is 27.6 Å². The molecule has 3 amide bonds. The molecule has 80 heavy (non-hydrogen) atoms. The van der Waals surface area contributed by atoms with E-state index in [-0.39, 0.29) is 50.7 Å². The maximum atomic E-state index is 15.7. The van der Waals surface area contributed by atoms with Crippen LogP contribution in [-0.2, 0) is 28.9 Å². The smallest absolute Gasteiger partial charge is 0.328 e. The number of rotatable bonds is 24. The van der Waals surface area contributed by atoms with E-state index in [1.807, 2.05) is 17.5 Å². The average molecular weight is 1110 g/mol. The number of aryl methyl sites for hydroxylation is 2. The molecule has 4 aromatic carbocycles. The lowest BCUT2D eigenvalue weighted by atomic mass is 10.1. The van der Waals surface area contributed by atoms with Gasteiger partial charge in [0.1, 0.15) is 17.3 Å². The van der Waals surface area contributed by atoms with Crippen molar-refractivity contribution in [2.24, 2.45) is 14.1 Å². The number of hydrogen-bond donors (Lipinski definition) is 4. The number of nitrogens with one attached hydrogen (secondary N) is 4. The summed E-state index contributed by atoms with van der Waals surface area (Å²) in [4.78, 5) is 65.4. The third-order valence-electron chi connectivity index (χ3n) is 14.6. The van der Waals surface area contributed by atoms with Crippen molar-refractivity contribution in [3.05, 3.63) is 137 Å². The molecule has 418 valence electrons. The standard InChI is InChI=1S/C58H65FN12O8S/c1-4-28-78-42-15-13-16-43(31-42)79-52-33-50-49(67(2)58(75)68(50)3)32-47(52)66-80(76,77)44-17-12-14-39(29-44)56(73)60-23-11-9-7-5-6-8-10-18-53(72)69-24-26-70(27-25-69)57(74)40-21-22-46(45(59)30-40)64-54-55-61-36-51(41-34-62-63-35-41)71(55)37-48(65-54)38-19-20-38/h12-17,21-22,29-38,66H,4-11,18-20,23-28H2,1-3H3,(H,60,73)(H,62,63)(H,64,65). The van der Waals surface area contributed by atoms with Gasteiger partial charge < -0.3 is 29.9 Å². The van der Waals surface area contributed by atoms with Crippen molar-refractivity contribution in [2.45, 2.75) is 88.4 Å². The van der Waals surface area contributed by atoms with Crippen molar-refractivity contribution in [1.29, 1.82) is 0 Å². The monoisotopic (exact) mass is 1110 g/mol. The number of nitrogens with zero attached hydrogens (tertiary/aromatic N) is 8. The average Bonchev–Trinajstić information content (AvgIpc) is 3.97. The fraction of sp³-hybridized carbons (Fsp3) is 0.362. The molecule has 5 heterocycles. The van der Waals surface area contributed by atoms with Crippen LogP contribution in [0.4, 0.5) is 21.6 Å². The molecule has 22 heteroatoms. The first-order valence-electron chi connectivity index (χ1n) is 27.3. The van der Waals surface area contributed by atoms with E-state index in [1.165, 1.54) is 33.4 Å². The number of unbranched alkanes of at least 4 members (excludes halogenated alkanes) is 6. The topological polar surface area (TPSA) is 232 Å². The number of carbonyl (C=O) groups excluding carboxylic acids is 3. The molecular formula is C58H65FN12O8S. The molecule has 0 spiro atoms. The van der Waals surface area contributed by atoms with E-state index in [2.05, 4.69) is 30.5 Å². The summed E-state index contributed by atoms with van der Waals surface area (Å²) in [5.74, 6) is 0.692. The number of halogens is 1. The summed E-state index contributed by atoms with van der Waals surface area (Å²) in [5, 5.41) is 12.9. The molecule has 1 aliphatic heterocycles. The summed E-state index contributed by atoms with van der Waals surface area (Å²) in [5.41, 5.74) is 4.55. The van der Waals surface area contributed by atoms with Gasteiger partial charge in [-0.15, -0.1) is 0 Å². The molecule has 8 aromatic rings. The molecule has 2 fully saturated rings. The Morgan fingerprint density at radius 2 is 1.52 bits per heavy atom. The van der Waals surface area contributed by atoms with Gasteiger partial charge in [0.2, 0.25) is 5.91 Å². The Hall–Kier alpha value is -8.53. The molecule has 1 aliphatic carbocycles. The normalized spacial score (nSPS) is 13.7. The van der Waals surface area contributed by atoms with Crippen LogP contribution in [0.5, 0.6) is 17.2 Å². The summed E-state index contributed by atoms with van der Waals surface area (Å²) in [7, 11) is -1.02. The predicted molar refractivity (Wildman–Crippen MR) is 302 cm³/mol. The van der Waals surface area contributed by atoms with Crippen molar-refractivity contribution in [1.82, 2.24) is 48.8 Å². The third-order valence-corrected chi connectivity index (χ3v) is 15.9. The van der Waals surface area contributed by atoms with Crippen molar-refractivity contribution in [3.63, 3.8) is 0 Å². The van der Waals surface area contributed by atoms with Crippen LogP contribution in [0, 0.1) is 5.82 Å². The highest BCUT2D eigenvalue weighted by Crippen LogP contribution is 2.41. The molecule has 4 N–H and O–H groups in total. The zero-order valence-corrected chi connectivity index (χ0v) is 45.9. The number of sulfonamides is 1. The van der Waals surface area contributed by atoms with Crippen molar-refractivity contribution in [2.75, 3.05) is 49.4 Å². The second kappa shape index (κ2) is 24.2. The Morgan fingerprint density at radius 1 is 0.800 bits per heavy atom. The molecule has 2 aliphatic rings. The third kappa shape index (κ3) is 12.5. The highest BCUT2D eigenvalue weighted by molar-refractivity contribution is 7.92. The Labute approximate surface area is 462 Å². The van der Waals surface area contributed by atoms with Crippen molar-refractivity contribution < 1.29 is 36.7 Å². The Balaban J connectivity index is 0.627. The molecule has 20 nitrogen and oxygen atoms in total. The number of anilines is 3. The molecule has 10 rings (SSSR count). The summed E-state index contributed by atoms with van der Waals surface area (Å²) < 4.78 is 63.0. The number of aromatic amines is 1. The number of hydrogen-bond acceptors (Lipinski definition) is 12. The first-order chi connectivity index (χ1) is 38.7. The van der Waals surface area contributed by atoms with Crippen molar-refractivity contribution >= 4 is 61.6 Å². The number of H-pyrrole nitrogens is 1. The second-order valence-electron chi connectivity index (χ2n) is 20.4. The zero-order valence-electron chi connectivity index (χ0n) is 45.0. The molecule has 0 unspecified atom stereocenters. The first-order valence-corrected chi connectivity index (χ1v) is 28.7. The highest BCUT2D eigenvalue weighted by Gasteiger charge is 2.29. The summed E-state index contributed by atoms with van der Waals surface area (Å²) >= 11 is 0. The van der Waals surface area contributed by atoms with Crippen LogP contribution in [0.1, 0.15) is 110 Å². The minimum atomic E-state index is -4.25. The molecule has 1 saturated carbocycles. The number of carbonyl (C=O) groups is 3. The van der Waals surface area contributed by atoms with E-state index in [1.54, 1.807) is 97.1 Å². The maximum absolute atomic E-state index is 15.7. The van der Waals surface area contributed by atoms with Gasteiger partial charge in [0.05, 0.1) is 57.7 Å². The Morgan fingerprint density at radius 3 is 2.26 bits per heavy atom. The van der Waals surface area contributed by atoms with Crippen LogP contribution in [0.25, 0.3) is 27.9 Å². The molecule has 4 aromatic heterocycles. The predicted octanol–water partition coefficient (Wildman–Crippen LogP) is 9.29. The number of amides is 3. The van der Waals surface area contributed by atoms with Crippen LogP contribution in [0.2, 0.25) is 0 Å². The van der Waals surface area contributed by atoms with Crippen LogP contribution in [0.15, 0.2) is 113 Å². The Kier molecular flexibility index (Phi) is 16.6.